The van der Waals surface area contributed by atoms with Gasteiger partial charge in [0.25, 0.3) is 5.91 Å². The average molecular weight is 645 g/mol. The van der Waals surface area contributed by atoms with Crippen LogP contribution in [0.1, 0.15) is 90.5 Å². The number of benzene rings is 3. The molecule has 3 aromatic carbocycles. The molecular formula is C34H36Cl2FNO6. The summed E-state index contributed by atoms with van der Waals surface area (Å²) in [6.45, 7) is 1.82. The molecule has 1 aliphatic carbocycles. The Balaban J connectivity index is 1.74. The van der Waals surface area contributed by atoms with Crippen LogP contribution in [0.5, 0.6) is 0 Å². The highest BCUT2D eigenvalue weighted by Gasteiger charge is 2.57. The Morgan fingerprint density at radius 2 is 1.66 bits per heavy atom. The van der Waals surface area contributed by atoms with Gasteiger partial charge < -0.3 is 20.1 Å². The largest absolute Gasteiger partial charge is 0.481 e. The normalized spacial score (nSPS) is 23.7. The van der Waals surface area contributed by atoms with Gasteiger partial charge in [-0.15, -0.1) is 0 Å². The number of amides is 1. The zero-order valence-corrected chi connectivity index (χ0v) is 26.1. The van der Waals surface area contributed by atoms with E-state index in [2.05, 4.69) is 0 Å². The molecule has 0 saturated heterocycles. The van der Waals surface area contributed by atoms with E-state index in [1.54, 1.807) is 54.6 Å². The highest BCUT2D eigenvalue weighted by atomic mass is 35.5. The maximum Gasteiger partial charge on any atom is 0.303 e. The van der Waals surface area contributed by atoms with E-state index in [0.717, 1.165) is 0 Å². The fourth-order valence-electron chi connectivity index (χ4n) is 7.07. The van der Waals surface area contributed by atoms with E-state index in [-0.39, 0.29) is 41.9 Å². The lowest BCUT2D eigenvalue weighted by atomic mass is 9.71. The first kappa shape index (κ1) is 32.4. The van der Waals surface area contributed by atoms with Crippen LogP contribution in [0.3, 0.4) is 0 Å². The predicted molar refractivity (Wildman–Crippen MR) is 165 cm³/mol. The van der Waals surface area contributed by atoms with Crippen molar-refractivity contribution in [3.8, 4) is 0 Å². The molecule has 5 rings (SSSR count). The average Bonchev–Trinajstić information content (AvgIpc) is 3.27. The molecular weight excluding hydrogens is 608 g/mol. The summed E-state index contributed by atoms with van der Waals surface area (Å²) in [5.41, 5.74) is -1.93. The van der Waals surface area contributed by atoms with Gasteiger partial charge in [-0.25, -0.2) is 4.39 Å². The molecule has 1 heterocycles. The first-order chi connectivity index (χ1) is 21.0. The fourth-order valence-corrected chi connectivity index (χ4v) is 7.33. The number of carboxylic acids is 1. The van der Waals surface area contributed by atoms with E-state index in [4.69, 9.17) is 27.9 Å². The summed E-state index contributed by atoms with van der Waals surface area (Å²) in [5, 5.41) is 32.6. The Hall–Kier alpha value is -3.01. The number of hydrogen-bond acceptors (Lipinski definition) is 5. The molecule has 0 radical (unpaired) electrons. The number of halogens is 3. The molecule has 2 aliphatic rings. The molecule has 10 heteroatoms. The van der Waals surface area contributed by atoms with Gasteiger partial charge in [-0.1, -0.05) is 54.4 Å². The standard InChI is InChI=1S/C34H36Cl2FNO6/c1-3-33(43,21-8-14-26(39)15-9-21)23-18-27-31(28(37)19-23)34(44-2,22-6-12-25(36)13-7-22)38(32(27)42)29(16-17-30(40)41)20-4-10-24(35)11-5-20/h4-7,10-13,18-19,21,26,29,39,43H,3,8-9,14-17H2,1-2H3,(H,40,41)/t21-,26-,29-,33?,34+/m0/s1. The highest BCUT2D eigenvalue weighted by Crippen LogP contribution is 2.53. The fraction of sp³-hybridized carbons (Fsp3) is 0.412. The molecule has 3 aromatic rings. The van der Waals surface area contributed by atoms with Crippen LogP contribution in [0.15, 0.2) is 60.7 Å². The summed E-state index contributed by atoms with van der Waals surface area (Å²) in [7, 11) is 1.38. The number of carbonyl (C=O) groups excluding carboxylic acids is 1. The van der Waals surface area contributed by atoms with Crippen molar-refractivity contribution >= 4 is 35.1 Å². The van der Waals surface area contributed by atoms with Crippen LogP contribution < -0.4 is 0 Å². The number of rotatable bonds is 10. The minimum Gasteiger partial charge on any atom is -0.481 e. The number of methoxy groups -OCH3 is 1. The third-order valence-corrected chi connectivity index (χ3v) is 9.86. The van der Waals surface area contributed by atoms with E-state index in [1.165, 1.54) is 18.1 Å². The van der Waals surface area contributed by atoms with Crippen LogP contribution in [0.25, 0.3) is 0 Å². The van der Waals surface area contributed by atoms with Gasteiger partial charge in [0.2, 0.25) is 0 Å². The van der Waals surface area contributed by atoms with E-state index in [0.29, 0.717) is 46.9 Å². The molecule has 44 heavy (non-hydrogen) atoms. The summed E-state index contributed by atoms with van der Waals surface area (Å²) >= 11 is 12.4. The zero-order chi connectivity index (χ0) is 31.8. The van der Waals surface area contributed by atoms with Crippen molar-refractivity contribution in [2.75, 3.05) is 7.11 Å². The maximum atomic E-state index is 16.7. The van der Waals surface area contributed by atoms with Crippen LogP contribution >= 0.6 is 23.2 Å². The summed E-state index contributed by atoms with van der Waals surface area (Å²) in [6.07, 6.45) is 1.76. The van der Waals surface area contributed by atoms with Crippen molar-refractivity contribution in [3.63, 3.8) is 0 Å². The van der Waals surface area contributed by atoms with Gasteiger partial charge in [-0.3, -0.25) is 14.5 Å². The summed E-state index contributed by atoms with van der Waals surface area (Å²) in [6, 6.07) is 15.2. The molecule has 234 valence electrons. The second-order valence-electron chi connectivity index (χ2n) is 11.7. The summed E-state index contributed by atoms with van der Waals surface area (Å²) < 4.78 is 22.9. The van der Waals surface area contributed by atoms with Crippen LogP contribution in [0.4, 0.5) is 4.39 Å². The first-order valence-electron chi connectivity index (χ1n) is 14.8. The van der Waals surface area contributed by atoms with Gasteiger partial charge in [0.05, 0.1) is 28.9 Å². The lowest BCUT2D eigenvalue weighted by Crippen LogP contribution is -2.48. The Morgan fingerprint density at radius 1 is 1.07 bits per heavy atom. The number of carboxylic acid groups (broad SMARTS) is 1. The third kappa shape index (κ3) is 5.63. The number of hydrogen-bond donors (Lipinski definition) is 3. The Labute approximate surface area is 266 Å². The molecule has 1 amide bonds. The second kappa shape index (κ2) is 12.8. The number of nitrogens with zero attached hydrogens (tertiary/aromatic N) is 1. The SMILES string of the molecule is CCC(O)(c1cc(F)c2c(c1)C(=O)N([C@@H](CCC(=O)O)c1ccc(Cl)cc1)[C@@]2(OC)c1ccc(Cl)cc1)[C@H]1CC[C@H](O)CC1. The van der Waals surface area contributed by atoms with Gasteiger partial charge in [-0.05, 0) is 92.0 Å². The van der Waals surface area contributed by atoms with Crippen molar-refractivity contribution in [2.45, 2.75) is 75.3 Å². The molecule has 1 fully saturated rings. The van der Waals surface area contributed by atoms with Gasteiger partial charge in [-0.2, -0.15) is 0 Å². The van der Waals surface area contributed by atoms with Gasteiger partial charge in [0.1, 0.15) is 5.82 Å². The summed E-state index contributed by atoms with van der Waals surface area (Å²) in [4.78, 5) is 27.8. The lowest BCUT2D eigenvalue weighted by Gasteiger charge is -2.43. The highest BCUT2D eigenvalue weighted by molar-refractivity contribution is 6.30. The van der Waals surface area contributed by atoms with E-state index >= 15 is 4.39 Å². The lowest BCUT2D eigenvalue weighted by molar-refractivity contribution is -0.138. The predicted octanol–water partition coefficient (Wildman–Crippen LogP) is 7.19. The molecule has 1 unspecified atom stereocenters. The minimum absolute atomic E-state index is 0.00711. The number of fused-ring (bicyclic) bond motifs is 1. The van der Waals surface area contributed by atoms with Crippen LogP contribution in [0.2, 0.25) is 10.0 Å². The van der Waals surface area contributed by atoms with Crippen molar-refractivity contribution in [1.82, 2.24) is 4.90 Å². The van der Waals surface area contributed by atoms with E-state index in [1.807, 2.05) is 6.92 Å². The first-order valence-corrected chi connectivity index (χ1v) is 15.6. The molecule has 0 spiro atoms. The van der Waals surface area contributed by atoms with Crippen LogP contribution in [-0.2, 0) is 20.9 Å². The molecule has 7 nitrogen and oxygen atoms in total. The van der Waals surface area contributed by atoms with Crippen LogP contribution in [-0.4, -0.2) is 45.3 Å². The third-order valence-electron chi connectivity index (χ3n) is 9.36. The molecule has 3 atom stereocenters. The van der Waals surface area contributed by atoms with Gasteiger partial charge >= 0.3 is 5.97 Å². The molecule has 3 N–H and O–H groups in total. The molecule has 1 saturated carbocycles. The molecule has 0 aromatic heterocycles. The number of aliphatic hydroxyl groups excluding tert-OH is 1. The van der Waals surface area contributed by atoms with Crippen molar-refractivity contribution in [2.24, 2.45) is 5.92 Å². The molecule has 1 aliphatic heterocycles. The molecule has 0 bridgehead atoms. The second-order valence-corrected chi connectivity index (χ2v) is 12.6. The number of ether oxygens (including phenoxy) is 1. The number of carbonyl (C=O) groups is 2. The van der Waals surface area contributed by atoms with Gasteiger partial charge in [0.15, 0.2) is 5.72 Å². The number of aliphatic carboxylic acids is 1. The van der Waals surface area contributed by atoms with Gasteiger partial charge in [0, 0.05) is 29.1 Å². The Morgan fingerprint density at radius 3 is 2.20 bits per heavy atom. The van der Waals surface area contributed by atoms with Crippen molar-refractivity contribution in [3.05, 3.63) is 104 Å². The van der Waals surface area contributed by atoms with Crippen molar-refractivity contribution < 1.29 is 34.0 Å². The topological polar surface area (TPSA) is 107 Å². The number of aliphatic hydroxyl groups is 2. The van der Waals surface area contributed by atoms with E-state index in [9.17, 15) is 24.9 Å². The Bertz CT molecular complexity index is 1530. The quantitative estimate of drug-likeness (QED) is 0.216. The van der Waals surface area contributed by atoms with Crippen molar-refractivity contribution in [1.29, 1.82) is 0 Å². The van der Waals surface area contributed by atoms with E-state index < -0.39 is 41.2 Å². The minimum atomic E-state index is -1.79. The summed E-state index contributed by atoms with van der Waals surface area (Å²) in [5.74, 6) is -2.59. The van der Waals surface area contributed by atoms with Crippen LogP contribution in [0, 0.1) is 11.7 Å². The smallest absolute Gasteiger partial charge is 0.303 e. The zero-order valence-electron chi connectivity index (χ0n) is 24.6. The Kier molecular flexibility index (Phi) is 9.40. The monoisotopic (exact) mass is 643 g/mol. The maximum absolute atomic E-state index is 16.7.